The number of furan rings is 1. The topological polar surface area (TPSA) is 103 Å². The lowest BCUT2D eigenvalue weighted by molar-refractivity contribution is 0.0697. The molecule has 0 spiro atoms. The van der Waals surface area contributed by atoms with E-state index in [-0.39, 0.29) is 23.5 Å². The second-order valence-corrected chi connectivity index (χ2v) is 6.84. The van der Waals surface area contributed by atoms with Gasteiger partial charge in [0.05, 0.1) is 35.6 Å². The second-order valence-electron chi connectivity index (χ2n) is 5.96. The highest BCUT2D eigenvalue weighted by atomic mass is 32.1. The zero-order valence-electron chi connectivity index (χ0n) is 14.7. The molecule has 0 aliphatic heterocycles. The third kappa shape index (κ3) is 3.25. The van der Waals surface area contributed by atoms with Crippen LogP contribution in [0.3, 0.4) is 0 Å². The third-order valence-electron chi connectivity index (χ3n) is 4.20. The van der Waals surface area contributed by atoms with Crippen LogP contribution in [0.2, 0.25) is 0 Å². The van der Waals surface area contributed by atoms with Gasteiger partial charge in [0.2, 0.25) is 11.7 Å². The van der Waals surface area contributed by atoms with E-state index < -0.39 is 5.97 Å². The number of ether oxygens (including phenoxy) is 1. The Morgan fingerprint density at radius 2 is 2.04 bits per heavy atom. The molecule has 1 aromatic carbocycles. The first kappa shape index (κ1) is 17.9. The molecule has 0 saturated carbocycles. The molecule has 0 unspecified atom stereocenters. The molecule has 0 fully saturated rings. The average molecular weight is 394 g/mol. The number of thiophene rings is 1. The van der Waals surface area contributed by atoms with E-state index in [9.17, 15) is 14.7 Å². The minimum absolute atomic E-state index is 0.0499. The number of carboxylic acids is 1. The zero-order valence-corrected chi connectivity index (χ0v) is 15.5. The summed E-state index contributed by atoms with van der Waals surface area (Å²) >= 11 is 1.21. The average Bonchev–Trinajstić information content (AvgIpc) is 3.32. The SMILES string of the molecule is COc1cnc(-c2scc(CC(=O)c3cc4ccccc4o3)c2C(=O)O)cn1. The van der Waals surface area contributed by atoms with E-state index in [1.54, 1.807) is 17.5 Å². The van der Waals surface area contributed by atoms with Crippen LogP contribution in [-0.4, -0.2) is 33.9 Å². The Hall–Kier alpha value is -3.52. The quantitative estimate of drug-likeness (QED) is 0.492. The van der Waals surface area contributed by atoms with Crippen LogP contribution in [0.4, 0.5) is 0 Å². The minimum Gasteiger partial charge on any atom is -0.480 e. The van der Waals surface area contributed by atoms with Crippen LogP contribution < -0.4 is 4.74 Å². The number of benzene rings is 1. The first-order chi connectivity index (χ1) is 13.6. The number of carboxylic acid groups (broad SMARTS) is 1. The van der Waals surface area contributed by atoms with E-state index in [4.69, 9.17) is 9.15 Å². The summed E-state index contributed by atoms with van der Waals surface area (Å²) in [5, 5.41) is 12.2. The summed E-state index contributed by atoms with van der Waals surface area (Å²) in [6.45, 7) is 0. The number of fused-ring (bicyclic) bond motifs is 1. The maximum Gasteiger partial charge on any atom is 0.337 e. The number of aromatic carboxylic acids is 1. The van der Waals surface area contributed by atoms with E-state index in [0.717, 1.165) is 5.39 Å². The second kappa shape index (κ2) is 7.24. The van der Waals surface area contributed by atoms with E-state index >= 15 is 0 Å². The van der Waals surface area contributed by atoms with Crippen molar-refractivity contribution in [3.8, 4) is 16.5 Å². The van der Waals surface area contributed by atoms with Crippen molar-refractivity contribution >= 4 is 34.1 Å². The predicted molar refractivity (Wildman–Crippen MR) is 103 cm³/mol. The van der Waals surface area contributed by atoms with Crippen molar-refractivity contribution in [2.45, 2.75) is 6.42 Å². The first-order valence-corrected chi connectivity index (χ1v) is 9.16. The Kier molecular flexibility index (Phi) is 4.62. The molecule has 7 nitrogen and oxygen atoms in total. The molecule has 3 aromatic heterocycles. The first-order valence-electron chi connectivity index (χ1n) is 8.28. The van der Waals surface area contributed by atoms with Crippen LogP contribution in [0.5, 0.6) is 5.88 Å². The van der Waals surface area contributed by atoms with E-state index in [0.29, 0.717) is 27.6 Å². The van der Waals surface area contributed by atoms with Gasteiger partial charge in [0.1, 0.15) is 5.58 Å². The van der Waals surface area contributed by atoms with Crippen LogP contribution in [0.15, 0.2) is 52.5 Å². The zero-order chi connectivity index (χ0) is 19.7. The van der Waals surface area contributed by atoms with Crippen molar-refractivity contribution in [3.05, 3.63) is 65.0 Å². The van der Waals surface area contributed by atoms with Crippen LogP contribution in [-0.2, 0) is 6.42 Å². The van der Waals surface area contributed by atoms with Crippen LogP contribution >= 0.6 is 11.3 Å². The normalized spacial score (nSPS) is 10.9. The molecule has 0 bridgehead atoms. The molecular weight excluding hydrogens is 380 g/mol. The molecule has 8 heteroatoms. The number of methoxy groups -OCH3 is 1. The van der Waals surface area contributed by atoms with Crippen molar-refractivity contribution in [3.63, 3.8) is 0 Å². The molecule has 0 radical (unpaired) electrons. The van der Waals surface area contributed by atoms with Gasteiger partial charge >= 0.3 is 5.97 Å². The molecular formula is C20H14N2O5S. The minimum atomic E-state index is -1.12. The summed E-state index contributed by atoms with van der Waals surface area (Å²) in [5.41, 5.74) is 1.49. The summed E-state index contributed by atoms with van der Waals surface area (Å²) in [6.07, 6.45) is 2.78. The summed E-state index contributed by atoms with van der Waals surface area (Å²) < 4.78 is 10.6. The van der Waals surface area contributed by atoms with Gasteiger partial charge in [-0.1, -0.05) is 18.2 Å². The van der Waals surface area contributed by atoms with Crippen molar-refractivity contribution in [2.75, 3.05) is 7.11 Å². The molecule has 0 atom stereocenters. The maximum absolute atomic E-state index is 12.7. The fourth-order valence-corrected chi connectivity index (χ4v) is 3.89. The van der Waals surface area contributed by atoms with Gasteiger partial charge in [0, 0.05) is 11.8 Å². The number of rotatable bonds is 6. The smallest absolute Gasteiger partial charge is 0.337 e. The summed E-state index contributed by atoms with van der Waals surface area (Å²) in [7, 11) is 1.47. The van der Waals surface area contributed by atoms with Gasteiger partial charge in [-0.15, -0.1) is 11.3 Å². The van der Waals surface area contributed by atoms with Crippen molar-refractivity contribution in [2.24, 2.45) is 0 Å². The van der Waals surface area contributed by atoms with Crippen LogP contribution in [0.25, 0.3) is 21.5 Å². The number of hydrogen-bond acceptors (Lipinski definition) is 7. The molecule has 0 amide bonds. The van der Waals surface area contributed by atoms with E-state index in [2.05, 4.69) is 9.97 Å². The number of Topliss-reactive ketones (excluding diaryl/α,β-unsaturated/α-hetero) is 1. The van der Waals surface area contributed by atoms with Gasteiger partial charge in [-0.2, -0.15) is 0 Å². The summed E-state index contributed by atoms with van der Waals surface area (Å²) in [5.74, 6) is -0.878. The number of carbonyl (C=O) groups is 2. The lowest BCUT2D eigenvalue weighted by Crippen LogP contribution is -2.07. The van der Waals surface area contributed by atoms with Gasteiger partial charge < -0.3 is 14.3 Å². The molecule has 140 valence electrons. The Balaban J connectivity index is 1.66. The Labute approximate surface area is 163 Å². The van der Waals surface area contributed by atoms with Crippen molar-refractivity contribution in [1.29, 1.82) is 0 Å². The summed E-state index contributed by atoms with van der Waals surface area (Å²) in [6, 6.07) is 8.98. The van der Waals surface area contributed by atoms with Gasteiger partial charge in [-0.25, -0.2) is 14.8 Å². The third-order valence-corrected chi connectivity index (χ3v) is 5.25. The Bertz CT molecular complexity index is 1140. The fourth-order valence-electron chi connectivity index (χ4n) is 2.86. The molecule has 4 aromatic rings. The fraction of sp³-hybridized carbons (Fsp3) is 0.100. The number of hydrogen-bond donors (Lipinski definition) is 1. The van der Waals surface area contributed by atoms with Crippen molar-refractivity contribution in [1.82, 2.24) is 9.97 Å². The lowest BCUT2D eigenvalue weighted by atomic mass is 10.0. The maximum atomic E-state index is 12.7. The standard InChI is InChI=1S/C20H14N2O5S/c1-26-17-9-21-13(8-22-17)19-18(20(24)25)12(10-28-19)6-14(23)16-7-11-4-2-3-5-15(11)27-16/h2-5,7-10H,6H2,1H3,(H,24,25). The number of carbonyl (C=O) groups excluding carboxylic acids is 1. The van der Waals surface area contributed by atoms with Gasteiger partial charge in [-0.3, -0.25) is 4.79 Å². The lowest BCUT2D eigenvalue weighted by Gasteiger charge is -2.03. The molecule has 0 aliphatic rings. The Morgan fingerprint density at radius 1 is 1.21 bits per heavy atom. The van der Waals surface area contributed by atoms with E-state index in [1.165, 1.54) is 30.8 Å². The highest BCUT2D eigenvalue weighted by molar-refractivity contribution is 7.14. The molecule has 0 saturated heterocycles. The summed E-state index contributed by atoms with van der Waals surface area (Å²) in [4.78, 5) is 33.2. The molecule has 28 heavy (non-hydrogen) atoms. The highest BCUT2D eigenvalue weighted by Crippen LogP contribution is 2.33. The van der Waals surface area contributed by atoms with Gasteiger partial charge in [-0.05, 0) is 23.1 Å². The largest absolute Gasteiger partial charge is 0.480 e. The van der Waals surface area contributed by atoms with Gasteiger partial charge in [0.25, 0.3) is 0 Å². The van der Waals surface area contributed by atoms with E-state index in [1.807, 2.05) is 18.2 Å². The molecule has 0 aliphatic carbocycles. The van der Waals surface area contributed by atoms with Gasteiger partial charge in [0.15, 0.2) is 5.76 Å². The molecule has 4 rings (SSSR count). The monoisotopic (exact) mass is 394 g/mol. The van der Waals surface area contributed by atoms with Crippen LogP contribution in [0.1, 0.15) is 26.5 Å². The predicted octanol–water partition coefficient (Wildman–Crippen LogP) is 4.08. The number of para-hydroxylation sites is 1. The number of nitrogens with zero attached hydrogens (tertiary/aromatic N) is 2. The van der Waals surface area contributed by atoms with Crippen molar-refractivity contribution < 1.29 is 23.8 Å². The molecule has 1 N–H and O–H groups in total. The Morgan fingerprint density at radius 3 is 2.71 bits per heavy atom. The highest BCUT2D eigenvalue weighted by Gasteiger charge is 2.23. The number of ketones is 1. The van der Waals surface area contributed by atoms with Crippen LogP contribution in [0, 0.1) is 0 Å². The number of aromatic nitrogens is 2. The molecule has 3 heterocycles.